The van der Waals surface area contributed by atoms with E-state index in [-0.39, 0.29) is 26.1 Å². The van der Waals surface area contributed by atoms with Gasteiger partial charge in [-0.2, -0.15) is 0 Å². The number of carboxylic acid groups (broad SMARTS) is 1. The van der Waals surface area contributed by atoms with Crippen LogP contribution in [0.1, 0.15) is 18.9 Å². The van der Waals surface area contributed by atoms with Crippen LogP contribution in [0.4, 0.5) is 4.79 Å². The maximum atomic E-state index is 12.6. The predicted octanol–water partition coefficient (Wildman–Crippen LogP) is 1.24. The first-order valence-electron chi connectivity index (χ1n) is 7.39. The fraction of sp³-hybridized carbons (Fsp3) is 0.353. The highest BCUT2D eigenvalue weighted by molar-refractivity contribution is 5.88. The van der Waals surface area contributed by atoms with E-state index in [2.05, 4.69) is 11.2 Å². The molecule has 128 valence electrons. The number of terminal acetylenes is 1. The van der Waals surface area contributed by atoms with Crippen molar-refractivity contribution in [3.63, 3.8) is 0 Å². The van der Waals surface area contributed by atoms with E-state index in [0.717, 1.165) is 5.56 Å². The Morgan fingerprint density at radius 2 is 2.00 bits per heavy atom. The molecule has 7 heteroatoms. The molecule has 0 saturated heterocycles. The lowest BCUT2D eigenvalue weighted by Crippen LogP contribution is -2.49. The second-order valence-electron chi connectivity index (χ2n) is 4.90. The standard InChI is InChI=1S/C17H20N2O5/c1-3-8-14(18-17(22)23)16(21)19(12-15(20)24-4-2)11-13-9-6-5-7-10-13/h1,5-7,9-10,14,18H,4,8,11-12H2,2H3,(H,22,23). The van der Waals surface area contributed by atoms with E-state index < -0.39 is 24.0 Å². The number of benzene rings is 1. The summed E-state index contributed by atoms with van der Waals surface area (Å²) in [6.07, 6.45) is 3.73. The Morgan fingerprint density at radius 3 is 2.54 bits per heavy atom. The lowest BCUT2D eigenvalue weighted by molar-refractivity contribution is -0.149. The van der Waals surface area contributed by atoms with Gasteiger partial charge in [-0.05, 0) is 12.5 Å². The number of rotatable bonds is 8. The first-order chi connectivity index (χ1) is 11.5. The first-order valence-corrected chi connectivity index (χ1v) is 7.39. The van der Waals surface area contributed by atoms with Crippen molar-refractivity contribution in [3.05, 3.63) is 35.9 Å². The molecule has 0 aliphatic carbocycles. The van der Waals surface area contributed by atoms with Gasteiger partial charge in [0.05, 0.1) is 6.61 Å². The highest BCUT2D eigenvalue weighted by atomic mass is 16.5. The van der Waals surface area contributed by atoms with Crippen LogP contribution in [0.3, 0.4) is 0 Å². The Balaban J connectivity index is 2.96. The maximum Gasteiger partial charge on any atom is 0.405 e. The Morgan fingerprint density at radius 1 is 1.33 bits per heavy atom. The third-order valence-electron chi connectivity index (χ3n) is 3.07. The minimum Gasteiger partial charge on any atom is -0.465 e. The number of hydrogen-bond donors (Lipinski definition) is 2. The third kappa shape index (κ3) is 6.40. The Kier molecular flexibility index (Phi) is 7.85. The summed E-state index contributed by atoms with van der Waals surface area (Å²) in [5.74, 6) is 1.11. The summed E-state index contributed by atoms with van der Waals surface area (Å²) in [6, 6.07) is 7.91. The zero-order valence-corrected chi connectivity index (χ0v) is 13.4. The minimum absolute atomic E-state index is 0.112. The van der Waals surface area contributed by atoms with Crippen molar-refractivity contribution in [3.8, 4) is 12.3 Å². The summed E-state index contributed by atoms with van der Waals surface area (Å²) in [5, 5.41) is 10.9. The molecule has 1 rings (SSSR count). The predicted molar refractivity (Wildman–Crippen MR) is 86.9 cm³/mol. The van der Waals surface area contributed by atoms with E-state index in [1.165, 1.54) is 4.90 Å². The third-order valence-corrected chi connectivity index (χ3v) is 3.07. The van der Waals surface area contributed by atoms with E-state index in [9.17, 15) is 14.4 Å². The van der Waals surface area contributed by atoms with Crippen molar-refractivity contribution in [2.75, 3.05) is 13.2 Å². The van der Waals surface area contributed by atoms with E-state index in [1.807, 2.05) is 6.07 Å². The van der Waals surface area contributed by atoms with Crippen LogP contribution in [0.2, 0.25) is 0 Å². The number of carbonyl (C=O) groups is 3. The Hall–Kier alpha value is -3.01. The maximum absolute atomic E-state index is 12.6. The van der Waals surface area contributed by atoms with E-state index >= 15 is 0 Å². The molecule has 0 saturated carbocycles. The quantitative estimate of drug-likeness (QED) is 0.551. The molecule has 2 amide bonds. The molecule has 2 N–H and O–H groups in total. The Labute approximate surface area is 140 Å². The average Bonchev–Trinajstić information content (AvgIpc) is 2.54. The number of nitrogens with one attached hydrogen (secondary N) is 1. The van der Waals surface area contributed by atoms with Gasteiger partial charge in [0.25, 0.3) is 0 Å². The molecule has 0 bridgehead atoms. The molecule has 1 atom stereocenters. The van der Waals surface area contributed by atoms with Crippen molar-refractivity contribution < 1.29 is 24.2 Å². The van der Waals surface area contributed by atoms with Crippen LogP contribution in [0, 0.1) is 12.3 Å². The summed E-state index contributed by atoms with van der Waals surface area (Å²) >= 11 is 0. The zero-order valence-electron chi connectivity index (χ0n) is 13.4. The first kappa shape index (κ1) is 19.0. The van der Waals surface area contributed by atoms with Gasteiger partial charge in [-0.15, -0.1) is 12.3 Å². The van der Waals surface area contributed by atoms with Gasteiger partial charge in [-0.25, -0.2) is 4.79 Å². The molecule has 1 unspecified atom stereocenters. The lowest BCUT2D eigenvalue weighted by Gasteiger charge is -2.26. The molecule has 0 aromatic heterocycles. The molecule has 0 fully saturated rings. The van der Waals surface area contributed by atoms with Crippen LogP contribution in [0.5, 0.6) is 0 Å². The summed E-state index contributed by atoms with van der Waals surface area (Å²) in [6.45, 7) is 1.70. The molecule has 1 aromatic rings. The summed E-state index contributed by atoms with van der Waals surface area (Å²) < 4.78 is 4.87. The number of ether oxygens (including phenoxy) is 1. The average molecular weight is 332 g/mol. The van der Waals surface area contributed by atoms with Crippen LogP contribution < -0.4 is 5.32 Å². The minimum atomic E-state index is -1.36. The normalized spacial score (nSPS) is 11.0. The van der Waals surface area contributed by atoms with Gasteiger partial charge in [-0.3, -0.25) is 9.59 Å². The smallest absolute Gasteiger partial charge is 0.405 e. The highest BCUT2D eigenvalue weighted by Crippen LogP contribution is 2.08. The number of nitrogens with zero attached hydrogens (tertiary/aromatic N) is 1. The van der Waals surface area contributed by atoms with Gasteiger partial charge in [0.1, 0.15) is 12.6 Å². The van der Waals surface area contributed by atoms with Crippen LogP contribution in [0.25, 0.3) is 0 Å². The molecule has 0 aliphatic rings. The molecule has 7 nitrogen and oxygen atoms in total. The second kappa shape index (κ2) is 9.90. The number of carbonyl (C=O) groups excluding carboxylic acids is 2. The van der Waals surface area contributed by atoms with Crippen molar-refractivity contribution in [2.45, 2.75) is 25.9 Å². The van der Waals surface area contributed by atoms with Gasteiger partial charge in [0.15, 0.2) is 0 Å². The van der Waals surface area contributed by atoms with Gasteiger partial charge in [0, 0.05) is 13.0 Å². The van der Waals surface area contributed by atoms with E-state index in [1.54, 1.807) is 31.2 Å². The van der Waals surface area contributed by atoms with Gasteiger partial charge >= 0.3 is 12.1 Å². The summed E-state index contributed by atoms with van der Waals surface area (Å²) in [7, 11) is 0. The topological polar surface area (TPSA) is 95.9 Å². The molecule has 0 heterocycles. The number of hydrogen-bond acceptors (Lipinski definition) is 4. The van der Waals surface area contributed by atoms with Crippen LogP contribution in [-0.2, 0) is 20.9 Å². The van der Waals surface area contributed by atoms with Crippen LogP contribution in [0.15, 0.2) is 30.3 Å². The SMILES string of the molecule is C#CCC(NC(=O)O)C(=O)N(CC(=O)OCC)Cc1ccccc1. The zero-order chi connectivity index (χ0) is 17.9. The van der Waals surface area contributed by atoms with Crippen molar-refractivity contribution in [2.24, 2.45) is 0 Å². The molecule has 0 spiro atoms. The Bertz CT molecular complexity index is 609. The molecule has 24 heavy (non-hydrogen) atoms. The molecule has 0 radical (unpaired) electrons. The monoisotopic (exact) mass is 332 g/mol. The number of amides is 2. The van der Waals surface area contributed by atoms with Gasteiger partial charge in [-0.1, -0.05) is 30.3 Å². The molecular formula is C17H20N2O5. The van der Waals surface area contributed by atoms with Crippen LogP contribution in [-0.4, -0.2) is 47.2 Å². The van der Waals surface area contributed by atoms with Crippen LogP contribution >= 0.6 is 0 Å². The largest absolute Gasteiger partial charge is 0.465 e. The lowest BCUT2D eigenvalue weighted by atomic mass is 10.1. The second-order valence-corrected chi connectivity index (χ2v) is 4.90. The van der Waals surface area contributed by atoms with Crippen molar-refractivity contribution in [1.82, 2.24) is 10.2 Å². The van der Waals surface area contributed by atoms with E-state index in [0.29, 0.717) is 0 Å². The fourth-order valence-electron chi connectivity index (χ4n) is 2.07. The summed E-state index contributed by atoms with van der Waals surface area (Å²) in [4.78, 5) is 36.4. The molecule has 0 aliphatic heterocycles. The van der Waals surface area contributed by atoms with Crippen molar-refractivity contribution >= 4 is 18.0 Å². The van der Waals surface area contributed by atoms with Crippen molar-refractivity contribution in [1.29, 1.82) is 0 Å². The molecule has 1 aromatic carbocycles. The van der Waals surface area contributed by atoms with Gasteiger partial charge in [0.2, 0.25) is 5.91 Å². The van der Waals surface area contributed by atoms with Gasteiger partial charge < -0.3 is 20.1 Å². The number of esters is 1. The summed E-state index contributed by atoms with van der Waals surface area (Å²) in [5.41, 5.74) is 0.796. The highest BCUT2D eigenvalue weighted by Gasteiger charge is 2.27. The fourth-order valence-corrected chi connectivity index (χ4v) is 2.07. The molecular weight excluding hydrogens is 312 g/mol. The van der Waals surface area contributed by atoms with E-state index in [4.69, 9.17) is 16.3 Å².